The minimum atomic E-state index is -4.34. The smallest absolute Gasteiger partial charge is 0.267 e. The summed E-state index contributed by atoms with van der Waals surface area (Å²) in [6.45, 7) is 4.51. The maximum Gasteiger partial charge on any atom is 0.267 e. The third kappa shape index (κ3) is 39.6. The molecule has 300 valence electrons. The summed E-state index contributed by atoms with van der Waals surface area (Å²) in [4.78, 5) is 12.5. The summed E-state index contributed by atoms with van der Waals surface area (Å²) in [6.07, 6.45) is 49.9. The van der Waals surface area contributed by atoms with E-state index in [9.17, 15) is 22.9 Å². The highest BCUT2D eigenvalue weighted by Crippen LogP contribution is 2.15. The monoisotopic (exact) mass is 738 g/mol. The van der Waals surface area contributed by atoms with Crippen LogP contribution in [0.5, 0.6) is 0 Å². The van der Waals surface area contributed by atoms with Crippen LogP contribution in [0.2, 0.25) is 0 Å². The Hall–Kier alpha value is -1.44. The minimum absolute atomic E-state index is 0.280. The number of carbonyl (C=O) groups is 1. The molecule has 0 aromatic heterocycles. The van der Waals surface area contributed by atoms with Crippen LogP contribution in [0.1, 0.15) is 219 Å². The highest BCUT2D eigenvalue weighted by atomic mass is 32.2. The Bertz CT molecular complexity index is 945. The first kappa shape index (κ1) is 49.6. The van der Waals surface area contributed by atoms with E-state index in [1.165, 1.54) is 154 Å². The Morgan fingerprint density at radius 3 is 1.27 bits per heavy atom. The molecule has 2 unspecified atom stereocenters. The number of nitrogens with one attached hydrogen (secondary N) is 1. The number of hydrogen-bond acceptors (Lipinski definition) is 4. The van der Waals surface area contributed by atoms with Gasteiger partial charge in [0, 0.05) is 6.42 Å². The van der Waals surface area contributed by atoms with Gasteiger partial charge in [-0.1, -0.05) is 198 Å². The summed E-state index contributed by atoms with van der Waals surface area (Å²) < 4.78 is 32.5. The van der Waals surface area contributed by atoms with Crippen molar-refractivity contribution in [3.63, 3.8) is 0 Å². The zero-order valence-electron chi connectivity index (χ0n) is 33.5. The van der Waals surface area contributed by atoms with Crippen molar-refractivity contribution in [1.82, 2.24) is 5.32 Å². The van der Waals surface area contributed by atoms with Crippen molar-refractivity contribution in [3.05, 3.63) is 36.5 Å². The number of hydrogen-bond donors (Lipinski definition) is 3. The predicted molar refractivity (Wildman–Crippen MR) is 221 cm³/mol. The quantitative estimate of drug-likeness (QED) is 0.0331. The van der Waals surface area contributed by atoms with E-state index in [0.717, 1.165) is 44.9 Å². The molecular weight excluding hydrogens is 655 g/mol. The fourth-order valence-corrected chi connectivity index (χ4v) is 7.27. The molecule has 0 aliphatic heterocycles. The minimum Gasteiger partial charge on any atom is -0.387 e. The third-order valence-corrected chi connectivity index (χ3v) is 10.6. The zero-order valence-corrected chi connectivity index (χ0v) is 34.3. The van der Waals surface area contributed by atoms with Crippen molar-refractivity contribution in [2.45, 2.75) is 231 Å². The average molecular weight is 738 g/mol. The highest BCUT2D eigenvalue weighted by Gasteiger charge is 2.24. The first-order valence-corrected chi connectivity index (χ1v) is 23.3. The lowest BCUT2D eigenvalue weighted by Crippen LogP contribution is -2.46. The van der Waals surface area contributed by atoms with E-state index in [1.54, 1.807) is 6.08 Å². The SMILES string of the molecule is CCCCCCC/C=C\C/C=C\CCCCCCCCCCCCCC(=O)NC(CS(=O)(=O)O)C(O)/C=C/CCCCCCCCCCCCC. The number of aliphatic hydroxyl groups is 1. The van der Waals surface area contributed by atoms with Crippen LogP contribution in [0, 0.1) is 0 Å². The van der Waals surface area contributed by atoms with E-state index in [4.69, 9.17) is 0 Å². The summed E-state index contributed by atoms with van der Waals surface area (Å²) >= 11 is 0. The summed E-state index contributed by atoms with van der Waals surface area (Å²) in [5.74, 6) is -0.978. The lowest BCUT2D eigenvalue weighted by Gasteiger charge is -2.21. The Kier molecular flexibility index (Phi) is 37.2. The molecule has 0 fully saturated rings. The van der Waals surface area contributed by atoms with Crippen molar-refractivity contribution in [2.75, 3.05) is 5.75 Å². The van der Waals surface area contributed by atoms with E-state index in [0.29, 0.717) is 6.42 Å². The van der Waals surface area contributed by atoms with Gasteiger partial charge in [0.15, 0.2) is 0 Å². The molecule has 6 nitrogen and oxygen atoms in total. The van der Waals surface area contributed by atoms with Crippen LogP contribution in [0.25, 0.3) is 0 Å². The molecule has 0 bridgehead atoms. The molecule has 0 aromatic carbocycles. The zero-order chi connectivity index (χ0) is 37.5. The van der Waals surface area contributed by atoms with E-state index in [2.05, 4.69) is 43.5 Å². The molecule has 7 heteroatoms. The van der Waals surface area contributed by atoms with Gasteiger partial charge in [0.1, 0.15) is 0 Å². The average Bonchev–Trinajstić information content (AvgIpc) is 3.09. The lowest BCUT2D eigenvalue weighted by molar-refractivity contribution is -0.122. The van der Waals surface area contributed by atoms with E-state index < -0.39 is 28.0 Å². The van der Waals surface area contributed by atoms with Crippen LogP contribution in [-0.2, 0) is 14.9 Å². The Morgan fingerprint density at radius 1 is 0.529 bits per heavy atom. The fraction of sp³-hybridized carbons (Fsp3) is 0.841. The molecule has 0 aromatic rings. The molecule has 0 saturated heterocycles. The van der Waals surface area contributed by atoms with Crippen molar-refractivity contribution >= 4 is 16.0 Å². The van der Waals surface area contributed by atoms with Gasteiger partial charge in [0.2, 0.25) is 5.91 Å². The second kappa shape index (κ2) is 38.3. The summed E-state index contributed by atoms with van der Waals surface area (Å²) in [5.41, 5.74) is 0. The fourth-order valence-electron chi connectivity index (χ4n) is 6.54. The Balaban J connectivity index is 3.84. The van der Waals surface area contributed by atoms with Gasteiger partial charge in [-0.15, -0.1) is 0 Å². The van der Waals surface area contributed by atoms with Gasteiger partial charge in [-0.3, -0.25) is 9.35 Å². The number of aliphatic hydroxyl groups excluding tert-OH is 1. The molecule has 2 atom stereocenters. The van der Waals surface area contributed by atoms with Gasteiger partial charge >= 0.3 is 0 Å². The van der Waals surface area contributed by atoms with Crippen LogP contribution in [-0.4, -0.2) is 41.9 Å². The Labute approximate surface area is 316 Å². The predicted octanol–water partition coefficient (Wildman–Crippen LogP) is 12.9. The maximum absolute atomic E-state index is 12.5. The molecule has 0 radical (unpaired) electrons. The standard InChI is InChI=1S/C44H83NO5S/c1-3-5-7-9-11-13-15-17-18-19-20-21-22-23-24-25-26-28-30-32-34-36-38-40-44(47)45-42(41-51(48,49)50)43(46)39-37-35-33-31-29-27-16-14-12-10-8-6-4-2/h15,17,19-20,37,39,42-43,46H,3-14,16,18,21-36,38,40-41H2,1-2H3,(H,45,47)(H,48,49,50)/b17-15-,20-19-,39-37+. The number of unbranched alkanes of at least 4 members (excludes halogenated alkanes) is 27. The van der Waals surface area contributed by atoms with Crippen molar-refractivity contribution in [2.24, 2.45) is 0 Å². The van der Waals surface area contributed by atoms with Gasteiger partial charge in [-0.2, -0.15) is 8.42 Å². The van der Waals surface area contributed by atoms with E-state index in [-0.39, 0.29) is 5.91 Å². The Morgan fingerprint density at radius 2 is 0.882 bits per heavy atom. The first-order chi connectivity index (χ1) is 24.8. The second-order valence-corrected chi connectivity index (χ2v) is 16.5. The van der Waals surface area contributed by atoms with Crippen molar-refractivity contribution in [3.8, 4) is 0 Å². The molecule has 0 heterocycles. The van der Waals surface area contributed by atoms with Crippen molar-refractivity contribution in [1.29, 1.82) is 0 Å². The van der Waals surface area contributed by atoms with Crippen molar-refractivity contribution < 1.29 is 22.9 Å². The van der Waals surface area contributed by atoms with E-state index >= 15 is 0 Å². The number of rotatable bonds is 39. The molecular formula is C44H83NO5S. The molecule has 0 aliphatic carbocycles. The van der Waals surface area contributed by atoms with Crippen LogP contribution in [0.4, 0.5) is 0 Å². The number of amides is 1. The van der Waals surface area contributed by atoms with Crippen LogP contribution >= 0.6 is 0 Å². The van der Waals surface area contributed by atoms with E-state index in [1.807, 2.05) is 6.08 Å². The molecule has 0 saturated carbocycles. The third-order valence-electron chi connectivity index (χ3n) is 9.81. The molecule has 0 spiro atoms. The highest BCUT2D eigenvalue weighted by molar-refractivity contribution is 7.85. The topological polar surface area (TPSA) is 104 Å². The van der Waals surface area contributed by atoms with Gasteiger partial charge in [0.25, 0.3) is 10.1 Å². The normalized spacial score (nSPS) is 13.6. The molecule has 0 aliphatic rings. The van der Waals surface area contributed by atoms with Gasteiger partial charge in [-0.05, 0) is 51.4 Å². The summed E-state index contributed by atoms with van der Waals surface area (Å²) in [5, 5.41) is 13.2. The largest absolute Gasteiger partial charge is 0.387 e. The van der Waals surface area contributed by atoms with Gasteiger partial charge in [0.05, 0.1) is 17.9 Å². The van der Waals surface area contributed by atoms with Crippen LogP contribution in [0.15, 0.2) is 36.5 Å². The van der Waals surface area contributed by atoms with Crippen LogP contribution in [0.3, 0.4) is 0 Å². The lowest BCUT2D eigenvalue weighted by atomic mass is 10.0. The molecule has 51 heavy (non-hydrogen) atoms. The van der Waals surface area contributed by atoms with Crippen LogP contribution < -0.4 is 5.32 Å². The molecule has 3 N–H and O–H groups in total. The number of allylic oxidation sites excluding steroid dienone is 5. The second-order valence-electron chi connectivity index (χ2n) is 15.0. The molecule has 1 amide bonds. The summed E-state index contributed by atoms with van der Waals surface area (Å²) in [7, 11) is -4.34. The van der Waals surface area contributed by atoms with Gasteiger partial charge in [-0.25, -0.2) is 0 Å². The van der Waals surface area contributed by atoms with Gasteiger partial charge < -0.3 is 10.4 Å². The number of carbonyl (C=O) groups excluding carboxylic acids is 1. The first-order valence-electron chi connectivity index (χ1n) is 21.7. The molecule has 0 rings (SSSR count). The maximum atomic E-state index is 12.5. The summed E-state index contributed by atoms with van der Waals surface area (Å²) in [6, 6.07) is -1.06.